The molecule has 144 valence electrons. The fraction of sp³-hybridized carbons (Fsp3) is 0.190. The van der Waals surface area contributed by atoms with Crippen LogP contribution in [0.2, 0.25) is 5.02 Å². The van der Waals surface area contributed by atoms with Crippen LogP contribution in [0, 0.1) is 20.8 Å². The van der Waals surface area contributed by atoms with E-state index in [9.17, 15) is 9.59 Å². The molecule has 5 nitrogen and oxygen atoms in total. The van der Waals surface area contributed by atoms with Crippen molar-refractivity contribution in [2.45, 2.75) is 25.8 Å². The van der Waals surface area contributed by atoms with Crippen LogP contribution in [-0.2, 0) is 4.79 Å². The molecule has 3 aromatic rings. The number of thioether (sulfide) groups is 1. The number of benzene rings is 2. The van der Waals surface area contributed by atoms with Crippen molar-refractivity contribution >= 4 is 35.0 Å². The van der Waals surface area contributed by atoms with E-state index in [-0.39, 0.29) is 22.2 Å². The predicted octanol–water partition coefficient (Wildman–Crippen LogP) is 4.54. The Morgan fingerprint density at radius 2 is 1.86 bits per heavy atom. The molecule has 1 N–H and O–H groups in total. The highest BCUT2D eigenvalue weighted by molar-refractivity contribution is 7.99. The van der Waals surface area contributed by atoms with Gasteiger partial charge in [-0.25, -0.2) is 4.98 Å². The van der Waals surface area contributed by atoms with Crippen molar-refractivity contribution in [2.75, 3.05) is 11.1 Å². The van der Waals surface area contributed by atoms with Gasteiger partial charge in [-0.1, -0.05) is 35.5 Å². The van der Waals surface area contributed by atoms with Crippen LogP contribution in [0.25, 0.3) is 5.69 Å². The van der Waals surface area contributed by atoms with E-state index in [0.717, 1.165) is 34.1 Å². The minimum atomic E-state index is -0.248. The largest absolute Gasteiger partial charge is 0.325 e. The second-order valence-electron chi connectivity index (χ2n) is 6.47. The highest BCUT2D eigenvalue weighted by atomic mass is 35.5. The molecule has 0 aliphatic carbocycles. The first kappa shape index (κ1) is 20.2. The Kier molecular flexibility index (Phi) is 6.21. The highest BCUT2D eigenvalue weighted by Gasteiger charge is 2.11. The molecule has 0 aliphatic heterocycles. The third-order valence-electron chi connectivity index (χ3n) is 4.39. The normalized spacial score (nSPS) is 10.7. The highest BCUT2D eigenvalue weighted by Crippen LogP contribution is 2.21. The number of anilines is 1. The van der Waals surface area contributed by atoms with Crippen LogP contribution < -0.4 is 10.9 Å². The van der Waals surface area contributed by atoms with E-state index in [2.05, 4.69) is 10.3 Å². The average molecular weight is 414 g/mol. The number of halogens is 1. The summed E-state index contributed by atoms with van der Waals surface area (Å²) in [5.41, 5.74) is 4.36. The molecule has 0 spiro atoms. The second-order valence-corrected chi connectivity index (χ2v) is 7.87. The van der Waals surface area contributed by atoms with Gasteiger partial charge in [-0.15, -0.1) is 0 Å². The van der Waals surface area contributed by atoms with Gasteiger partial charge in [0.15, 0.2) is 5.03 Å². The summed E-state index contributed by atoms with van der Waals surface area (Å²) in [4.78, 5) is 29.2. The molecule has 0 unspecified atom stereocenters. The Morgan fingerprint density at radius 3 is 2.61 bits per heavy atom. The predicted molar refractivity (Wildman–Crippen MR) is 115 cm³/mol. The first-order chi connectivity index (χ1) is 13.3. The number of carbonyl (C=O) groups is 1. The Labute approximate surface area is 172 Å². The van der Waals surface area contributed by atoms with E-state index >= 15 is 0 Å². The fourth-order valence-electron chi connectivity index (χ4n) is 2.62. The van der Waals surface area contributed by atoms with Crippen molar-refractivity contribution in [3.05, 3.63) is 80.9 Å². The summed E-state index contributed by atoms with van der Waals surface area (Å²) < 4.78 is 1.54. The maximum absolute atomic E-state index is 12.8. The third kappa shape index (κ3) is 4.64. The minimum Gasteiger partial charge on any atom is -0.325 e. The zero-order valence-electron chi connectivity index (χ0n) is 15.8. The molecule has 2 aromatic carbocycles. The molecule has 3 rings (SSSR count). The molecular formula is C21H20ClN3O2S. The summed E-state index contributed by atoms with van der Waals surface area (Å²) >= 11 is 7.09. The number of carbonyl (C=O) groups excluding carboxylic acids is 1. The van der Waals surface area contributed by atoms with Crippen LogP contribution in [-0.4, -0.2) is 21.2 Å². The van der Waals surface area contributed by atoms with Gasteiger partial charge in [0, 0.05) is 28.8 Å². The molecule has 0 atom stereocenters. The number of amides is 1. The quantitative estimate of drug-likeness (QED) is 0.623. The molecular weight excluding hydrogens is 394 g/mol. The molecule has 0 bridgehead atoms. The Bertz CT molecular complexity index is 1100. The molecule has 7 heteroatoms. The summed E-state index contributed by atoms with van der Waals surface area (Å²) in [5, 5.41) is 3.65. The van der Waals surface area contributed by atoms with Gasteiger partial charge in [-0.05, 0) is 61.7 Å². The molecule has 0 saturated carbocycles. The Hall–Kier alpha value is -2.57. The van der Waals surface area contributed by atoms with Crippen LogP contribution in [0.3, 0.4) is 0 Å². The minimum absolute atomic E-state index is 0.0745. The van der Waals surface area contributed by atoms with Crippen molar-refractivity contribution in [3.63, 3.8) is 0 Å². The number of nitrogens with zero attached hydrogens (tertiary/aromatic N) is 2. The van der Waals surface area contributed by atoms with Gasteiger partial charge in [0.25, 0.3) is 5.56 Å². The van der Waals surface area contributed by atoms with E-state index < -0.39 is 0 Å². The van der Waals surface area contributed by atoms with E-state index in [1.54, 1.807) is 29.1 Å². The Morgan fingerprint density at radius 1 is 1.11 bits per heavy atom. The maximum Gasteiger partial charge on any atom is 0.287 e. The first-order valence-electron chi connectivity index (χ1n) is 8.69. The summed E-state index contributed by atoms with van der Waals surface area (Å²) in [6.07, 6.45) is 3.20. The lowest BCUT2D eigenvalue weighted by Gasteiger charge is -2.10. The van der Waals surface area contributed by atoms with Gasteiger partial charge in [0.2, 0.25) is 5.91 Å². The van der Waals surface area contributed by atoms with E-state index in [1.807, 2.05) is 45.0 Å². The number of hydrogen-bond acceptors (Lipinski definition) is 4. The molecule has 1 aromatic heterocycles. The number of rotatable bonds is 5. The van der Waals surface area contributed by atoms with Gasteiger partial charge in [0.1, 0.15) is 0 Å². The summed E-state index contributed by atoms with van der Waals surface area (Å²) in [6, 6.07) is 11.1. The lowest BCUT2D eigenvalue weighted by molar-refractivity contribution is -0.113. The van der Waals surface area contributed by atoms with Gasteiger partial charge in [-0.2, -0.15) is 0 Å². The number of aromatic nitrogens is 2. The zero-order chi connectivity index (χ0) is 20.3. The smallest absolute Gasteiger partial charge is 0.287 e. The van der Waals surface area contributed by atoms with Gasteiger partial charge >= 0.3 is 0 Å². The number of nitrogens with one attached hydrogen (secondary N) is 1. The monoisotopic (exact) mass is 413 g/mol. The Balaban J connectivity index is 1.74. The van der Waals surface area contributed by atoms with Gasteiger partial charge < -0.3 is 5.32 Å². The van der Waals surface area contributed by atoms with E-state index in [0.29, 0.717) is 10.7 Å². The zero-order valence-corrected chi connectivity index (χ0v) is 17.4. The first-order valence-corrected chi connectivity index (χ1v) is 10.1. The molecule has 0 saturated heterocycles. The van der Waals surface area contributed by atoms with Crippen molar-refractivity contribution < 1.29 is 4.79 Å². The maximum atomic E-state index is 12.8. The fourth-order valence-corrected chi connectivity index (χ4v) is 3.49. The molecule has 28 heavy (non-hydrogen) atoms. The number of hydrogen-bond donors (Lipinski definition) is 1. The van der Waals surface area contributed by atoms with Crippen LogP contribution in [0.5, 0.6) is 0 Å². The van der Waals surface area contributed by atoms with Crippen LogP contribution in [0.15, 0.2) is 58.6 Å². The lowest BCUT2D eigenvalue weighted by Crippen LogP contribution is -2.22. The molecule has 1 amide bonds. The van der Waals surface area contributed by atoms with Crippen molar-refractivity contribution in [3.8, 4) is 5.69 Å². The van der Waals surface area contributed by atoms with Crippen LogP contribution >= 0.6 is 23.4 Å². The lowest BCUT2D eigenvalue weighted by atomic mass is 10.1. The third-order valence-corrected chi connectivity index (χ3v) is 5.59. The molecule has 0 fully saturated rings. The molecule has 1 heterocycles. The standard InChI is InChI=1S/C21H20ClN3O2S/c1-13-5-7-17(10-15(13)3)25-9-8-23-20(21(25)27)28-12-19(26)24-18-11-16(22)6-4-14(18)2/h4-11H,12H2,1-3H3,(H,24,26). The van der Waals surface area contributed by atoms with Crippen molar-refractivity contribution in [1.29, 1.82) is 0 Å². The SMILES string of the molecule is Cc1ccc(-n2ccnc(SCC(=O)Nc3cc(Cl)ccc3C)c2=O)cc1C. The second kappa shape index (κ2) is 8.63. The van der Waals surface area contributed by atoms with Crippen molar-refractivity contribution in [2.24, 2.45) is 0 Å². The summed E-state index contributed by atoms with van der Waals surface area (Å²) in [5.74, 6) is -0.149. The average Bonchev–Trinajstić information content (AvgIpc) is 2.66. The topological polar surface area (TPSA) is 64.0 Å². The van der Waals surface area contributed by atoms with E-state index in [4.69, 9.17) is 11.6 Å². The van der Waals surface area contributed by atoms with Crippen LogP contribution in [0.1, 0.15) is 16.7 Å². The van der Waals surface area contributed by atoms with Crippen molar-refractivity contribution in [1.82, 2.24) is 9.55 Å². The summed E-state index contributed by atoms with van der Waals surface area (Å²) in [6.45, 7) is 5.92. The van der Waals surface area contributed by atoms with Gasteiger partial charge in [-0.3, -0.25) is 14.2 Å². The molecule has 0 radical (unpaired) electrons. The molecule has 0 aliphatic rings. The van der Waals surface area contributed by atoms with Crippen LogP contribution in [0.4, 0.5) is 5.69 Å². The van der Waals surface area contributed by atoms with Gasteiger partial charge in [0.05, 0.1) is 5.75 Å². The number of aryl methyl sites for hydroxylation is 3. The summed E-state index contributed by atoms with van der Waals surface area (Å²) in [7, 11) is 0. The van der Waals surface area contributed by atoms with E-state index in [1.165, 1.54) is 0 Å².